The van der Waals surface area contributed by atoms with Crippen LogP contribution in [0.15, 0.2) is 89.8 Å². The molecule has 6 nitrogen and oxygen atoms in total. The van der Waals surface area contributed by atoms with E-state index in [0.717, 1.165) is 17.5 Å². The first-order chi connectivity index (χ1) is 17.8. The summed E-state index contributed by atoms with van der Waals surface area (Å²) >= 11 is 0. The van der Waals surface area contributed by atoms with Gasteiger partial charge in [0.05, 0.1) is 11.5 Å². The molecular formula is C30H36N2O4S. The minimum Gasteiger partial charge on any atom is -0.493 e. The first kappa shape index (κ1) is 26.9. The van der Waals surface area contributed by atoms with E-state index in [4.69, 9.17) is 4.74 Å². The molecule has 0 aliphatic carbocycles. The van der Waals surface area contributed by atoms with Crippen LogP contribution in [0.3, 0.4) is 0 Å². The van der Waals surface area contributed by atoms with Gasteiger partial charge in [-0.2, -0.15) is 4.31 Å². The second kappa shape index (κ2) is 11.9. The highest BCUT2D eigenvalue weighted by Crippen LogP contribution is 2.37. The van der Waals surface area contributed by atoms with Crippen LogP contribution < -0.4 is 4.74 Å². The van der Waals surface area contributed by atoms with Crippen molar-refractivity contribution in [2.45, 2.75) is 44.0 Å². The lowest BCUT2D eigenvalue weighted by atomic mass is 9.78. The molecule has 0 bridgehead atoms. The molecule has 1 aliphatic rings. The van der Waals surface area contributed by atoms with Gasteiger partial charge in [0.1, 0.15) is 5.75 Å². The van der Waals surface area contributed by atoms with Crippen LogP contribution in [-0.4, -0.2) is 50.3 Å². The molecule has 0 unspecified atom stereocenters. The quantitative estimate of drug-likeness (QED) is 0.371. The van der Waals surface area contributed by atoms with Crippen molar-refractivity contribution in [3.63, 3.8) is 0 Å². The molecule has 0 radical (unpaired) electrons. The van der Waals surface area contributed by atoms with Gasteiger partial charge in [0, 0.05) is 38.5 Å². The normalized spacial score (nSPS) is 18.3. The third-order valence-electron chi connectivity index (χ3n) is 7.10. The number of carbonyl (C=O) groups excluding carboxylic acids is 1. The maximum absolute atomic E-state index is 13.6. The summed E-state index contributed by atoms with van der Waals surface area (Å²) in [5.74, 6) is 0.689. The van der Waals surface area contributed by atoms with Gasteiger partial charge in [0.25, 0.3) is 0 Å². The zero-order chi connectivity index (χ0) is 26.3. The molecular weight excluding hydrogens is 484 g/mol. The van der Waals surface area contributed by atoms with Crippen LogP contribution in [0.25, 0.3) is 0 Å². The highest BCUT2D eigenvalue weighted by atomic mass is 32.2. The summed E-state index contributed by atoms with van der Waals surface area (Å²) in [6, 6.07) is 26.4. The lowest BCUT2D eigenvalue weighted by Gasteiger charge is -2.42. The lowest BCUT2D eigenvalue weighted by Crippen LogP contribution is -2.50. The van der Waals surface area contributed by atoms with Gasteiger partial charge in [0.15, 0.2) is 0 Å². The van der Waals surface area contributed by atoms with Crippen molar-refractivity contribution < 1.29 is 17.9 Å². The van der Waals surface area contributed by atoms with Gasteiger partial charge < -0.3 is 9.64 Å². The third-order valence-corrected chi connectivity index (χ3v) is 8.96. The van der Waals surface area contributed by atoms with Gasteiger partial charge in [-0.1, -0.05) is 67.6 Å². The summed E-state index contributed by atoms with van der Waals surface area (Å²) in [4.78, 5) is 15.4. The Morgan fingerprint density at radius 1 is 0.946 bits per heavy atom. The average molecular weight is 521 g/mol. The number of piperidine rings is 1. The predicted molar refractivity (Wildman–Crippen MR) is 146 cm³/mol. The van der Waals surface area contributed by atoms with E-state index in [-0.39, 0.29) is 30.4 Å². The van der Waals surface area contributed by atoms with Crippen LogP contribution in [0.2, 0.25) is 0 Å². The Morgan fingerprint density at radius 2 is 1.59 bits per heavy atom. The van der Waals surface area contributed by atoms with Crippen LogP contribution in [-0.2, 0) is 27.8 Å². The van der Waals surface area contributed by atoms with Gasteiger partial charge in [-0.3, -0.25) is 4.79 Å². The number of nitrogens with zero attached hydrogens (tertiary/aromatic N) is 2. The molecule has 7 heteroatoms. The fraction of sp³-hybridized carbons (Fsp3) is 0.367. The van der Waals surface area contributed by atoms with E-state index < -0.39 is 15.4 Å². The first-order valence-corrected chi connectivity index (χ1v) is 14.3. The summed E-state index contributed by atoms with van der Waals surface area (Å²) < 4.78 is 34.9. The summed E-state index contributed by atoms with van der Waals surface area (Å²) in [5, 5.41) is 0. The Labute approximate surface area is 220 Å². The van der Waals surface area contributed by atoms with E-state index in [1.165, 1.54) is 4.31 Å². The van der Waals surface area contributed by atoms with Gasteiger partial charge in [-0.25, -0.2) is 8.42 Å². The summed E-state index contributed by atoms with van der Waals surface area (Å²) in [6.45, 7) is 3.48. The molecule has 1 heterocycles. The molecule has 0 N–H and O–H groups in total. The maximum Gasteiger partial charge on any atom is 0.243 e. The number of hydrogen-bond acceptors (Lipinski definition) is 4. The Bertz CT molecular complexity index is 1260. The number of carbonyl (C=O) groups is 1. The van der Waals surface area contributed by atoms with E-state index >= 15 is 0 Å². The highest BCUT2D eigenvalue weighted by Gasteiger charge is 2.43. The van der Waals surface area contributed by atoms with Crippen LogP contribution in [0.4, 0.5) is 0 Å². The second-order valence-electron chi connectivity index (χ2n) is 9.95. The van der Waals surface area contributed by atoms with Crippen LogP contribution in [0, 0.1) is 5.41 Å². The molecule has 0 saturated carbocycles. The minimum absolute atomic E-state index is 0.0212. The molecule has 1 saturated heterocycles. The van der Waals surface area contributed by atoms with Gasteiger partial charge in [0.2, 0.25) is 15.9 Å². The van der Waals surface area contributed by atoms with E-state index in [1.807, 2.05) is 79.7 Å². The van der Waals surface area contributed by atoms with Gasteiger partial charge in [-0.15, -0.1) is 0 Å². The largest absolute Gasteiger partial charge is 0.493 e. The zero-order valence-corrected chi connectivity index (χ0v) is 22.5. The number of hydrogen-bond donors (Lipinski definition) is 0. The molecule has 3 aromatic carbocycles. The smallest absolute Gasteiger partial charge is 0.243 e. The van der Waals surface area contributed by atoms with Crippen molar-refractivity contribution >= 4 is 15.9 Å². The zero-order valence-electron chi connectivity index (χ0n) is 21.7. The van der Waals surface area contributed by atoms with Crippen LogP contribution in [0.5, 0.6) is 5.75 Å². The molecule has 1 fully saturated rings. The van der Waals surface area contributed by atoms with Crippen molar-refractivity contribution in [3.8, 4) is 5.75 Å². The molecule has 1 atom stereocenters. The molecule has 0 aromatic heterocycles. The average Bonchev–Trinajstić information content (AvgIpc) is 2.93. The standard InChI is InChI=1S/C30H36N2O4S/c1-3-25-15-17-28(18-16-25)37(34,35)32-20-10-19-30(23-32,24-36-27-13-8-5-9-14-27)21-29(33)31(2)22-26-11-6-4-7-12-26/h4-9,11-18H,3,10,19-24H2,1-2H3/t30-/m1/s1. The monoisotopic (exact) mass is 520 g/mol. The number of rotatable bonds is 10. The van der Waals surface area contributed by atoms with Crippen molar-refractivity contribution in [1.29, 1.82) is 0 Å². The molecule has 196 valence electrons. The molecule has 37 heavy (non-hydrogen) atoms. The summed E-state index contributed by atoms with van der Waals surface area (Å²) in [7, 11) is -1.89. The van der Waals surface area contributed by atoms with Gasteiger partial charge in [-0.05, 0) is 54.7 Å². The number of aryl methyl sites for hydroxylation is 1. The second-order valence-corrected chi connectivity index (χ2v) is 11.9. The number of para-hydroxylation sites is 1. The lowest BCUT2D eigenvalue weighted by molar-refractivity contribution is -0.134. The Balaban J connectivity index is 1.56. The maximum atomic E-state index is 13.6. The van der Waals surface area contributed by atoms with Crippen molar-refractivity contribution in [2.24, 2.45) is 5.41 Å². The fourth-order valence-corrected chi connectivity index (χ4v) is 6.47. The molecule has 1 amide bonds. The molecule has 0 spiro atoms. The van der Waals surface area contributed by atoms with Crippen molar-refractivity contribution in [3.05, 3.63) is 96.1 Å². The highest BCUT2D eigenvalue weighted by molar-refractivity contribution is 7.89. The Morgan fingerprint density at radius 3 is 2.24 bits per heavy atom. The topological polar surface area (TPSA) is 66.9 Å². The first-order valence-electron chi connectivity index (χ1n) is 12.9. The van der Waals surface area contributed by atoms with Crippen LogP contribution >= 0.6 is 0 Å². The van der Waals surface area contributed by atoms with Crippen LogP contribution in [0.1, 0.15) is 37.3 Å². The van der Waals surface area contributed by atoms with E-state index in [0.29, 0.717) is 31.7 Å². The van der Waals surface area contributed by atoms with E-state index in [1.54, 1.807) is 24.1 Å². The Kier molecular flexibility index (Phi) is 8.67. The van der Waals surface area contributed by atoms with E-state index in [9.17, 15) is 13.2 Å². The Hall–Kier alpha value is -3.16. The SMILES string of the molecule is CCc1ccc(S(=O)(=O)N2CCC[C@@](COc3ccccc3)(CC(=O)N(C)Cc3ccccc3)C2)cc1. The van der Waals surface area contributed by atoms with Crippen molar-refractivity contribution in [1.82, 2.24) is 9.21 Å². The number of amides is 1. The number of ether oxygens (including phenoxy) is 1. The summed E-state index contributed by atoms with van der Waals surface area (Å²) in [5.41, 5.74) is 1.51. The summed E-state index contributed by atoms with van der Waals surface area (Å²) in [6.07, 6.45) is 2.44. The number of sulfonamides is 1. The van der Waals surface area contributed by atoms with Crippen molar-refractivity contribution in [2.75, 3.05) is 26.7 Å². The van der Waals surface area contributed by atoms with Gasteiger partial charge >= 0.3 is 0 Å². The fourth-order valence-electron chi connectivity index (χ4n) is 4.88. The third kappa shape index (κ3) is 6.79. The molecule has 1 aliphatic heterocycles. The molecule has 4 rings (SSSR count). The number of benzene rings is 3. The van der Waals surface area contributed by atoms with E-state index in [2.05, 4.69) is 0 Å². The molecule has 3 aromatic rings. The predicted octanol–water partition coefficient (Wildman–Crippen LogP) is 5.15. The minimum atomic E-state index is -3.69.